The Morgan fingerprint density at radius 2 is 2.11 bits per heavy atom. The van der Waals surface area contributed by atoms with Gasteiger partial charge in [0, 0.05) is 31.7 Å². The molecule has 0 bridgehead atoms. The molecule has 1 N–H and O–H groups in total. The van der Waals surface area contributed by atoms with Crippen LogP contribution in [0.5, 0.6) is 0 Å². The summed E-state index contributed by atoms with van der Waals surface area (Å²) in [6.45, 7) is 12.4. The topological polar surface area (TPSA) is 15.3 Å². The molecular formula is C17H28N2. The second kappa shape index (κ2) is 6.53. The Balaban J connectivity index is 2.05. The van der Waals surface area contributed by atoms with Crippen molar-refractivity contribution in [2.45, 2.75) is 59.2 Å². The highest BCUT2D eigenvalue weighted by Crippen LogP contribution is 2.18. The summed E-state index contributed by atoms with van der Waals surface area (Å²) in [7, 11) is 0. The molecule has 2 unspecified atom stereocenters. The predicted octanol–water partition coefficient (Wildman–Crippen LogP) is 3.27. The molecule has 0 aliphatic carbocycles. The Kier molecular flexibility index (Phi) is 5.00. The monoisotopic (exact) mass is 260 g/mol. The molecule has 2 atom stereocenters. The number of nitrogens with one attached hydrogen (secondary N) is 1. The molecule has 1 aromatic rings. The van der Waals surface area contributed by atoms with Gasteiger partial charge in [0.05, 0.1) is 0 Å². The van der Waals surface area contributed by atoms with E-state index in [2.05, 4.69) is 56.1 Å². The molecule has 0 saturated carbocycles. The minimum absolute atomic E-state index is 0.632. The summed E-state index contributed by atoms with van der Waals surface area (Å²) in [6, 6.07) is 8.11. The van der Waals surface area contributed by atoms with Gasteiger partial charge in [0.1, 0.15) is 0 Å². The van der Waals surface area contributed by atoms with Crippen molar-refractivity contribution in [1.29, 1.82) is 0 Å². The average Bonchev–Trinajstić information content (AvgIpc) is 2.38. The summed E-state index contributed by atoms with van der Waals surface area (Å²) in [4.78, 5) is 2.64. The molecule has 0 radical (unpaired) electrons. The highest BCUT2D eigenvalue weighted by molar-refractivity contribution is 5.30. The standard InChI is InChI=1S/C17H28N2/c1-5-6-17-12-19(15(4)10-18-17)11-16-9-13(2)7-8-14(16)3/h7-9,15,17-18H,5-6,10-12H2,1-4H3. The molecule has 1 aliphatic rings. The highest BCUT2D eigenvalue weighted by atomic mass is 15.2. The van der Waals surface area contributed by atoms with Gasteiger partial charge in [0.15, 0.2) is 0 Å². The van der Waals surface area contributed by atoms with Crippen molar-refractivity contribution in [3.63, 3.8) is 0 Å². The normalized spacial score (nSPS) is 24.6. The molecule has 1 aromatic carbocycles. The summed E-state index contributed by atoms with van der Waals surface area (Å²) in [5.74, 6) is 0. The van der Waals surface area contributed by atoms with Crippen LogP contribution in [0.3, 0.4) is 0 Å². The fraction of sp³-hybridized carbons (Fsp3) is 0.647. The molecule has 2 heteroatoms. The zero-order valence-corrected chi connectivity index (χ0v) is 12.9. The molecule has 1 aliphatic heterocycles. The molecule has 2 nitrogen and oxygen atoms in total. The lowest BCUT2D eigenvalue weighted by Crippen LogP contribution is -2.54. The third-order valence-corrected chi connectivity index (χ3v) is 4.30. The van der Waals surface area contributed by atoms with Gasteiger partial charge in [-0.15, -0.1) is 0 Å². The molecule has 0 amide bonds. The van der Waals surface area contributed by atoms with E-state index in [1.54, 1.807) is 0 Å². The number of piperazine rings is 1. The molecule has 1 heterocycles. The zero-order valence-electron chi connectivity index (χ0n) is 12.9. The minimum Gasteiger partial charge on any atom is -0.311 e. The lowest BCUT2D eigenvalue weighted by atomic mass is 10.0. The Labute approximate surface area is 118 Å². The predicted molar refractivity (Wildman–Crippen MR) is 82.5 cm³/mol. The van der Waals surface area contributed by atoms with Crippen molar-refractivity contribution < 1.29 is 0 Å². The Bertz CT molecular complexity index is 414. The molecule has 19 heavy (non-hydrogen) atoms. The van der Waals surface area contributed by atoms with Crippen LogP contribution in [0.25, 0.3) is 0 Å². The fourth-order valence-corrected chi connectivity index (χ4v) is 2.95. The number of rotatable bonds is 4. The van der Waals surface area contributed by atoms with E-state index in [0.29, 0.717) is 12.1 Å². The summed E-state index contributed by atoms with van der Waals surface area (Å²) >= 11 is 0. The van der Waals surface area contributed by atoms with E-state index in [0.717, 1.165) is 13.1 Å². The molecule has 2 rings (SSSR count). The van der Waals surface area contributed by atoms with Crippen molar-refractivity contribution in [2.24, 2.45) is 0 Å². The van der Waals surface area contributed by atoms with Crippen LogP contribution in [0.1, 0.15) is 43.4 Å². The van der Waals surface area contributed by atoms with Crippen molar-refractivity contribution >= 4 is 0 Å². The van der Waals surface area contributed by atoms with E-state index < -0.39 is 0 Å². The van der Waals surface area contributed by atoms with E-state index in [4.69, 9.17) is 0 Å². The number of hydrogen-bond donors (Lipinski definition) is 1. The first-order chi connectivity index (χ1) is 9.10. The lowest BCUT2D eigenvalue weighted by molar-refractivity contribution is 0.129. The maximum atomic E-state index is 3.67. The number of aryl methyl sites for hydroxylation is 2. The first-order valence-electron chi connectivity index (χ1n) is 7.63. The molecule has 0 aromatic heterocycles. The molecule has 0 spiro atoms. The van der Waals surface area contributed by atoms with Crippen LogP contribution in [-0.2, 0) is 6.54 Å². The SMILES string of the molecule is CCCC1CN(Cc2cc(C)ccc2C)C(C)CN1. The van der Waals surface area contributed by atoms with Crippen LogP contribution in [0.15, 0.2) is 18.2 Å². The lowest BCUT2D eigenvalue weighted by Gasteiger charge is -2.39. The van der Waals surface area contributed by atoms with Crippen LogP contribution >= 0.6 is 0 Å². The van der Waals surface area contributed by atoms with Crippen LogP contribution in [-0.4, -0.2) is 30.1 Å². The van der Waals surface area contributed by atoms with Gasteiger partial charge in [-0.3, -0.25) is 4.90 Å². The minimum atomic E-state index is 0.632. The number of benzene rings is 1. The third-order valence-electron chi connectivity index (χ3n) is 4.30. The molecular weight excluding hydrogens is 232 g/mol. The van der Waals surface area contributed by atoms with Crippen LogP contribution in [0.4, 0.5) is 0 Å². The largest absolute Gasteiger partial charge is 0.311 e. The fourth-order valence-electron chi connectivity index (χ4n) is 2.95. The van der Waals surface area contributed by atoms with Crippen LogP contribution < -0.4 is 5.32 Å². The van der Waals surface area contributed by atoms with E-state index in [-0.39, 0.29) is 0 Å². The van der Waals surface area contributed by atoms with Gasteiger partial charge in [-0.1, -0.05) is 37.1 Å². The van der Waals surface area contributed by atoms with Gasteiger partial charge in [-0.2, -0.15) is 0 Å². The van der Waals surface area contributed by atoms with Gasteiger partial charge in [0.2, 0.25) is 0 Å². The summed E-state index contributed by atoms with van der Waals surface area (Å²) in [5, 5.41) is 3.67. The molecule has 1 fully saturated rings. The summed E-state index contributed by atoms with van der Waals surface area (Å²) in [6.07, 6.45) is 2.55. The van der Waals surface area contributed by atoms with Crippen molar-refractivity contribution in [2.75, 3.05) is 13.1 Å². The number of nitrogens with zero attached hydrogens (tertiary/aromatic N) is 1. The van der Waals surface area contributed by atoms with Crippen LogP contribution in [0.2, 0.25) is 0 Å². The highest BCUT2D eigenvalue weighted by Gasteiger charge is 2.24. The first kappa shape index (κ1) is 14.5. The average molecular weight is 260 g/mol. The van der Waals surface area contributed by atoms with Gasteiger partial charge in [-0.25, -0.2) is 0 Å². The van der Waals surface area contributed by atoms with Gasteiger partial charge in [-0.05, 0) is 38.3 Å². The van der Waals surface area contributed by atoms with E-state index in [9.17, 15) is 0 Å². The Morgan fingerprint density at radius 1 is 1.32 bits per heavy atom. The van der Waals surface area contributed by atoms with E-state index >= 15 is 0 Å². The van der Waals surface area contributed by atoms with Gasteiger partial charge >= 0.3 is 0 Å². The van der Waals surface area contributed by atoms with Crippen molar-refractivity contribution in [1.82, 2.24) is 10.2 Å². The Hall–Kier alpha value is -0.860. The van der Waals surface area contributed by atoms with E-state index in [1.807, 2.05) is 0 Å². The maximum absolute atomic E-state index is 3.67. The van der Waals surface area contributed by atoms with Crippen molar-refractivity contribution in [3.05, 3.63) is 34.9 Å². The maximum Gasteiger partial charge on any atom is 0.0240 e. The zero-order chi connectivity index (χ0) is 13.8. The second-order valence-corrected chi connectivity index (χ2v) is 6.10. The van der Waals surface area contributed by atoms with Gasteiger partial charge in [0.25, 0.3) is 0 Å². The summed E-state index contributed by atoms with van der Waals surface area (Å²) in [5.41, 5.74) is 4.28. The molecule has 106 valence electrons. The smallest absolute Gasteiger partial charge is 0.0240 e. The quantitative estimate of drug-likeness (QED) is 0.894. The van der Waals surface area contributed by atoms with Gasteiger partial charge < -0.3 is 5.32 Å². The number of hydrogen-bond acceptors (Lipinski definition) is 2. The third kappa shape index (κ3) is 3.80. The molecule has 1 saturated heterocycles. The van der Waals surface area contributed by atoms with E-state index in [1.165, 1.54) is 36.1 Å². The Morgan fingerprint density at radius 3 is 2.84 bits per heavy atom. The van der Waals surface area contributed by atoms with Crippen LogP contribution in [0, 0.1) is 13.8 Å². The first-order valence-corrected chi connectivity index (χ1v) is 7.63. The second-order valence-electron chi connectivity index (χ2n) is 6.10. The summed E-state index contributed by atoms with van der Waals surface area (Å²) < 4.78 is 0. The van der Waals surface area contributed by atoms with Crippen molar-refractivity contribution in [3.8, 4) is 0 Å².